The van der Waals surface area contributed by atoms with Crippen LogP contribution in [0.4, 0.5) is 4.39 Å². The molecule has 7 nitrogen and oxygen atoms in total. The Morgan fingerprint density at radius 3 is 2.74 bits per heavy atom. The number of aromatic nitrogens is 4. The van der Waals surface area contributed by atoms with Crippen molar-refractivity contribution in [3.63, 3.8) is 0 Å². The number of fused-ring (bicyclic) bond motifs is 2. The molecule has 1 N–H and O–H groups in total. The first-order chi connectivity index (χ1) is 15.0. The molecule has 0 spiro atoms. The van der Waals surface area contributed by atoms with Crippen molar-refractivity contribution in [2.24, 2.45) is 7.05 Å². The minimum Gasteiger partial charge on any atom is -0.338 e. The maximum Gasteiger partial charge on any atom is 0.261 e. The highest BCUT2D eigenvalue weighted by Gasteiger charge is 2.22. The SMILES string of the molecule is Cn1ccnc1C(NC(=O)c1ccc2c(=O)n3c(nc2c1)CCC3)c1ccc(F)cc1. The number of benzene rings is 2. The zero-order valence-corrected chi connectivity index (χ0v) is 16.9. The molecule has 0 saturated carbocycles. The summed E-state index contributed by atoms with van der Waals surface area (Å²) in [4.78, 5) is 34.8. The highest BCUT2D eigenvalue weighted by Crippen LogP contribution is 2.22. The predicted molar refractivity (Wildman–Crippen MR) is 113 cm³/mol. The van der Waals surface area contributed by atoms with Gasteiger partial charge in [-0.1, -0.05) is 12.1 Å². The highest BCUT2D eigenvalue weighted by atomic mass is 19.1. The predicted octanol–water partition coefficient (Wildman–Crippen LogP) is 2.73. The van der Waals surface area contributed by atoms with Gasteiger partial charge in [-0.2, -0.15) is 0 Å². The van der Waals surface area contributed by atoms with E-state index in [1.54, 1.807) is 51.9 Å². The molecule has 8 heteroatoms. The van der Waals surface area contributed by atoms with Crippen LogP contribution in [0.2, 0.25) is 0 Å². The summed E-state index contributed by atoms with van der Waals surface area (Å²) in [5, 5.41) is 3.49. The number of carbonyl (C=O) groups excluding carboxylic acids is 1. The molecule has 0 fully saturated rings. The molecule has 4 aromatic rings. The second-order valence-corrected chi connectivity index (χ2v) is 7.67. The number of rotatable bonds is 4. The van der Waals surface area contributed by atoms with Gasteiger partial charge in [0.05, 0.1) is 10.9 Å². The van der Waals surface area contributed by atoms with Crippen LogP contribution >= 0.6 is 0 Å². The zero-order valence-electron chi connectivity index (χ0n) is 16.9. The van der Waals surface area contributed by atoms with E-state index in [1.807, 2.05) is 7.05 Å². The number of nitrogens with zero attached hydrogens (tertiary/aromatic N) is 4. The van der Waals surface area contributed by atoms with Gasteiger partial charge in [-0.3, -0.25) is 14.2 Å². The Balaban J connectivity index is 1.51. The second kappa shape index (κ2) is 7.46. The van der Waals surface area contributed by atoms with Crippen LogP contribution in [0, 0.1) is 5.82 Å². The van der Waals surface area contributed by atoms with E-state index in [1.165, 1.54) is 12.1 Å². The van der Waals surface area contributed by atoms with Gasteiger partial charge in [0.15, 0.2) is 0 Å². The number of halogens is 1. The number of hydrogen-bond donors (Lipinski definition) is 1. The van der Waals surface area contributed by atoms with E-state index < -0.39 is 6.04 Å². The second-order valence-electron chi connectivity index (χ2n) is 7.67. The fraction of sp³-hybridized carbons (Fsp3) is 0.217. The molecule has 0 aliphatic carbocycles. The van der Waals surface area contributed by atoms with Crippen LogP contribution in [0.3, 0.4) is 0 Å². The molecule has 5 rings (SSSR count). The van der Waals surface area contributed by atoms with E-state index in [0.717, 1.165) is 18.7 Å². The summed E-state index contributed by atoms with van der Waals surface area (Å²) in [6.45, 7) is 0.683. The van der Waals surface area contributed by atoms with E-state index in [-0.39, 0.29) is 17.3 Å². The monoisotopic (exact) mass is 417 g/mol. The van der Waals surface area contributed by atoms with Crippen LogP contribution in [0.15, 0.2) is 59.7 Å². The van der Waals surface area contributed by atoms with E-state index in [0.29, 0.717) is 34.4 Å². The van der Waals surface area contributed by atoms with Crippen molar-refractivity contribution in [2.75, 3.05) is 0 Å². The van der Waals surface area contributed by atoms with Gasteiger partial charge in [-0.15, -0.1) is 0 Å². The van der Waals surface area contributed by atoms with Gasteiger partial charge in [0.1, 0.15) is 23.5 Å². The molecule has 156 valence electrons. The number of aryl methyl sites for hydroxylation is 2. The lowest BCUT2D eigenvalue weighted by Gasteiger charge is -2.19. The first-order valence-electron chi connectivity index (χ1n) is 10.1. The van der Waals surface area contributed by atoms with E-state index in [4.69, 9.17) is 0 Å². The lowest BCUT2D eigenvalue weighted by Crippen LogP contribution is -2.31. The Morgan fingerprint density at radius 1 is 1.19 bits per heavy atom. The molecule has 0 saturated heterocycles. The number of carbonyl (C=O) groups is 1. The van der Waals surface area contributed by atoms with Crippen LogP contribution in [0.5, 0.6) is 0 Å². The van der Waals surface area contributed by atoms with E-state index in [9.17, 15) is 14.0 Å². The van der Waals surface area contributed by atoms with Crippen molar-refractivity contribution in [2.45, 2.75) is 25.4 Å². The topological polar surface area (TPSA) is 81.8 Å². The number of hydrogen-bond acceptors (Lipinski definition) is 4. The standard InChI is InChI=1S/C23H20FN5O2/c1-28-12-10-25-21(28)20(14-4-7-16(24)8-5-14)27-22(30)15-6-9-17-18(13-15)26-19-3-2-11-29(19)23(17)31/h4-10,12-13,20H,2-3,11H2,1H3,(H,27,30). The quantitative estimate of drug-likeness (QED) is 0.554. The molecule has 31 heavy (non-hydrogen) atoms. The van der Waals surface area contributed by atoms with Gasteiger partial charge < -0.3 is 9.88 Å². The Bertz CT molecular complexity index is 1360. The molecule has 1 aliphatic heterocycles. The largest absolute Gasteiger partial charge is 0.338 e. The fourth-order valence-corrected chi connectivity index (χ4v) is 4.05. The maximum absolute atomic E-state index is 13.4. The summed E-state index contributed by atoms with van der Waals surface area (Å²) in [5.74, 6) is 0.692. The molecule has 1 atom stereocenters. The van der Waals surface area contributed by atoms with Crippen molar-refractivity contribution in [3.8, 4) is 0 Å². The lowest BCUT2D eigenvalue weighted by atomic mass is 10.0. The van der Waals surface area contributed by atoms with Gasteiger partial charge in [0.2, 0.25) is 0 Å². The number of amides is 1. The molecule has 2 aromatic carbocycles. The molecule has 1 aliphatic rings. The summed E-state index contributed by atoms with van der Waals surface area (Å²) in [6.07, 6.45) is 5.08. The first kappa shape index (κ1) is 19.2. The smallest absolute Gasteiger partial charge is 0.261 e. The Hall–Kier alpha value is -3.81. The van der Waals surface area contributed by atoms with Gasteiger partial charge in [-0.25, -0.2) is 14.4 Å². The average Bonchev–Trinajstić information content (AvgIpc) is 3.41. The molecule has 1 unspecified atom stereocenters. The van der Waals surface area contributed by atoms with Crippen LogP contribution in [0.1, 0.15) is 40.0 Å². The third-order valence-corrected chi connectivity index (χ3v) is 5.67. The summed E-state index contributed by atoms with van der Waals surface area (Å²) in [5.41, 5.74) is 1.55. The summed E-state index contributed by atoms with van der Waals surface area (Å²) in [6, 6.07) is 10.3. The fourth-order valence-electron chi connectivity index (χ4n) is 4.05. The minimum atomic E-state index is -0.567. The Kier molecular flexibility index (Phi) is 4.62. The van der Waals surface area contributed by atoms with Crippen LogP contribution < -0.4 is 10.9 Å². The highest BCUT2D eigenvalue weighted by molar-refractivity contribution is 5.98. The van der Waals surface area contributed by atoms with Crippen molar-refractivity contribution >= 4 is 16.8 Å². The van der Waals surface area contributed by atoms with Crippen molar-refractivity contribution in [1.29, 1.82) is 0 Å². The number of imidazole rings is 1. The van der Waals surface area contributed by atoms with E-state index >= 15 is 0 Å². The van der Waals surface area contributed by atoms with E-state index in [2.05, 4.69) is 15.3 Å². The molecular formula is C23H20FN5O2. The molecule has 0 radical (unpaired) electrons. The summed E-state index contributed by atoms with van der Waals surface area (Å²) < 4.78 is 16.9. The van der Waals surface area contributed by atoms with Crippen molar-refractivity contribution < 1.29 is 9.18 Å². The van der Waals surface area contributed by atoms with Crippen LogP contribution in [-0.4, -0.2) is 25.0 Å². The van der Waals surface area contributed by atoms with Crippen molar-refractivity contribution in [3.05, 3.63) is 93.8 Å². The molecule has 2 aromatic heterocycles. The van der Waals surface area contributed by atoms with Crippen LogP contribution in [-0.2, 0) is 20.0 Å². The number of nitrogens with one attached hydrogen (secondary N) is 1. The third kappa shape index (κ3) is 3.39. The molecule has 0 bridgehead atoms. The molecule has 3 heterocycles. The Morgan fingerprint density at radius 2 is 2.00 bits per heavy atom. The maximum atomic E-state index is 13.4. The summed E-state index contributed by atoms with van der Waals surface area (Å²) in [7, 11) is 1.83. The lowest BCUT2D eigenvalue weighted by molar-refractivity contribution is 0.0941. The zero-order chi connectivity index (χ0) is 21.5. The van der Waals surface area contributed by atoms with Gasteiger partial charge in [0, 0.05) is 38.0 Å². The van der Waals surface area contributed by atoms with Gasteiger partial charge >= 0.3 is 0 Å². The average molecular weight is 417 g/mol. The molecule has 1 amide bonds. The first-order valence-corrected chi connectivity index (χ1v) is 10.1. The van der Waals surface area contributed by atoms with Crippen LogP contribution in [0.25, 0.3) is 10.9 Å². The Labute approximate surface area is 177 Å². The minimum absolute atomic E-state index is 0.0679. The van der Waals surface area contributed by atoms with Gasteiger partial charge in [0.25, 0.3) is 11.5 Å². The summed E-state index contributed by atoms with van der Waals surface area (Å²) >= 11 is 0. The van der Waals surface area contributed by atoms with Crippen molar-refractivity contribution in [1.82, 2.24) is 24.4 Å². The van der Waals surface area contributed by atoms with Gasteiger partial charge in [-0.05, 0) is 42.3 Å². The molecular weight excluding hydrogens is 397 g/mol. The third-order valence-electron chi connectivity index (χ3n) is 5.67. The normalized spacial score (nSPS) is 13.9.